The van der Waals surface area contributed by atoms with Crippen LogP contribution in [-0.2, 0) is 9.59 Å². The standard InChI is InChI=1S/C15H28O4S/c1-10(2)15(5,11(3)4)7-6-8-20-12(14(18)19)9-13(16)17/h10-12H,6-9H2,1-5H3,(H,16,17)(H,18,19). The van der Waals surface area contributed by atoms with Crippen LogP contribution in [0.25, 0.3) is 0 Å². The molecule has 1 unspecified atom stereocenters. The average Bonchev–Trinajstić information content (AvgIpc) is 2.31. The fraction of sp³-hybridized carbons (Fsp3) is 0.867. The van der Waals surface area contributed by atoms with Gasteiger partial charge in [0, 0.05) is 0 Å². The summed E-state index contributed by atoms with van der Waals surface area (Å²) < 4.78 is 0. The van der Waals surface area contributed by atoms with Crippen LogP contribution in [0.2, 0.25) is 0 Å². The van der Waals surface area contributed by atoms with Crippen LogP contribution in [0.3, 0.4) is 0 Å². The largest absolute Gasteiger partial charge is 0.481 e. The molecule has 0 spiro atoms. The van der Waals surface area contributed by atoms with Crippen molar-refractivity contribution in [3.63, 3.8) is 0 Å². The topological polar surface area (TPSA) is 74.6 Å². The van der Waals surface area contributed by atoms with Gasteiger partial charge in [0.1, 0.15) is 5.25 Å². The number of hydrogen-bond acceptors (Lipinski definition) is 3. The molecule has 0 rings (SSSR count). The van der Waals surface area contributed by atoms with Crippen LogP contribution in [0.1, 0.15) is 53.9 Å². The first-order chi connectivity index (χ1) is 9.11. The van der Waals surface area contributed by atoms with Gasteiger partial charge in [-0.25, -0.2) is 0 Å². The van der Waals surface area contributed by atoms with E-state index in [1.54, 1.807) is 0 Å². The lowest BCUT2D eigenvalue weighted by Crippen LogP contribution is -2.30. The van der Waals surface area contributed by atoms with Gasteiger partial charge in [-0.1, -0.05) is 34.6 Å². The molecule has 5 heteroatoms. The highest BCUT2D eigenvalue weighted by Crippen LogP contribution is 2.40. The second-order valence-electron chi connectivity index (χ2n) is 6.21. The Labute approximate surface area is 126 Å². The Kier molecular flexibility index (Phi) is 8.25. The summed E-state index contributed by atoms with van der Waals surface area (Å²) in [6.45, 7) is 11.2. The monoisotopic (exact) mass is 304 g/mol. The lowest BCUT2D eigenvalue weighted by atomic mass is 9.68. The average molecular weight is 304 g/mol. The van der Waals surface area contributed by atoms with Gasteiger partial charge in [0.05, 0.1) is 6.42 Å². The normalized spacial score (nSPS) is 13.8. The van der Waals surface area contributed by atoms with E-state index < -0.39 is 17.2 Å². The van der Waals surface area contributed by atoms with Crippen molar-refractivity contribution < 1.29 is 19.8 Å². The third-order valence-electron chi connectivity index (χ3n) is 4.45. The summed E-state index contributed by atoms with van der Waals surface area (Å²) in [7, 11) is 0. The van der Waals surface area contributed by atoms with Crippen molar-refractivity contribution in [2.75, 3.05) is 5.75 Å². The van der Waals surface area contributed by atoms with Crippen molar-refractivity contribution in [1.29, 1.82) is 0 Å². The predicted octanol–water partition coefficient (Wildman–Crippen LogP) is 3.75. The fourth-order valence-corrected chi connectivity index (χ4v) is 3.30. The highest BCUT2D eigenvalue weighted by molar-refractivity contribution is 8.00. The van der Waals surface area contributed by atoms with Crippen molar-refractivity contribution in [3.05, 3.63) is 0 Å². The molecule has 2 N–H and O–H groups in total. The van der Waals surface area contributed by atoms with E-state index >= 15 is 0 Å². The number of aliphatic carboxylic acids is 2. The van der Waals surface area contributed by atoms with Gasteiger partial charge in [-0.3, -0.25) is 9.59 Å². The molecule has 4 nitrogen and oxygen atoms in total. The molecule has 0 aliphatic carbocycles. The van der Waals surface area contributed by atoms with Gasteiger partial charge in [-0.2, -0.15) is 0 Å². The SMILES string of the molecule is CC(C)C(C)(CCCSC(CC(=O)O)C(=O)O)C(C)C. The fourth-order valence-electron chi connectivity index (χ4n) is 2.30. The molecular formula is C15H28O4S. The maximum atomic E-state index is 11.0. The summed E-state index contributed by atoms with van der Waals surface area (Å²) in [6, 6.07) is 0. The molecule has 0 amide bonds. The summed E-state index contributed by atoms with van der Waals surface area (Å²) in [5, 5.41) is 16.8. The van der Waals surface area contributed by atoms with Gasteiger partial charge in [0.25, 0.3) is 0 Å². The van der Waals surface area contributed by atoms with E-state index in [1.807, 2.05) is 0 Å². The molecule has 0 aromatic carbocycles. The van der Waals surface area contributed by atoms with Crippen molar-refractivity contribution in [2.45, 2.75) is 59.1 Å². The van der Waals surface area contributed by atoms with E-state index in [4.69, 9.17) is 10.2 Å². The molecule has 0 aliphatic rings. The second-order valence-corrected chi connectivity index (χ2v) is 7.52. The van der Waals surface area contributed by atoms with Crippen LogP contribution in [0, 0.1) is 17.3 Å². The maximum Gasteiger partial charge on any atom is 0.317 e. The first kappa shape index (κ1) is 19.3. The van der Waals surface area contributed by atoms with Crippen LogP contribution in [-0.4, -0.2) is 33.2 Å². The van der Waals surface area contributed by atoms with Gasteiger partial charge < -0.3 is 10.2 Å². The Hall–Kier alpha value is -0.710. The summed E-state index contributed by atoms with van der Waals surface area (Å²) in [6.07, 6.45) is 1.64. The second kappa shape index (κ2) is 8.55. The van der Waals surface area contributed by atoms with Crippen LogP contribution in [0.15, 0.2) is 0 Å². The lowest BCUT2D eigenvalue weighted by molar-refractivity contribution is -0.142. The molecule has 118 valence electrons. The van der Waals surface area contributed by atoms with Crippen molar-refractivity contribution in [1.82, 2.24) is 0 Å². The van der Waals surface area contributed by atoms with Crippen molar-refractivity contribution in [3.8, 4) is 0 Å². The summed E-state index contributed by atoms with van der Waals surface area (Å²) in [4.78, 5) is 21.6. The van der Waals surface area contributed by atoms with E-state index in [9.17, 15) is 9.59 Å². The van der Waals surface area contributed by atoms with E-state index in [0.29, 0.717) is 17.6 Å². The third-order valence-corrected chi connectivity index (χ3v) is 5.75. The zero-order valence-electron chi connectivity index (χ0n) is 13.2. The molecule has 0 aliphatic heterocycles. The Morgan fingerprint density at radius 2 is 1.60 bits per heavy atom. The van der Waals surface area contributed by atoms with Gasteiger partial charge in [0.2, 0.25) is 0 Å². The molecule has 0 radical (unpaired) electrons. The Bertz CT molecular complexity index is 318. The van der Waals surface area contributed by atoms with Gasteiger partial charge in [0.15, 0.2) is 0 Å². The minimum atomic E-state index is -1.06. The molecule has 1 atom stereocenters. The lowest BCUT2D eigenvalue weighted by Gasteiger charge is -2.38. The third kappa shape index (κ3) is 6.16. The molecule has 0 saturated heterocycles. The van der Waals surface area contributed by atoms with Crippen molar-refractivity contribution in [2.24, 2.45) is 17.3 Å². The zero-order valence-corrected chi connectivity index (χ0v) is 14.0. The van der Waals surface area contributed by atoms with Crippen LogP contribution >= 0.6 is 11.8 Å². The minimum Gasteiger partial charge on any atom is -0.481 e. The Morgan fingerprint density at radius 1 is 1.10 bits per heavy atom. The zero-order chi connectivity index (χ0) is 15.9. The highest BCUT2D eigenvalue weighted by atomic mass is 32.2. The highest BCUT2D eigenvalue weighted by Gasteiger charge is 2.31. The van der Waals surface area contributed by atoms with Crippen molar-refractivity contribution >= 4 is 23.7 Å². The number of carbonyl (C=O) groups is 2. The van der Waals surface area contributed by atoms with E-state index in [-0.39, 0.29) is 11.8 Å². The number of hydrogen-bond donors (Lipinski definition) is 2. The van der Waals surface area contributed by atoms with Gasteiger partial charge in [-0.05, 0) is 35.8 Å². The molecular weight excluding hydrogens is 276 g/mol. The number of carboxylic acids is 2. The predicted molar refractivity (Wildman–Crippen MR) is 83.2 cm³/mol. The first-order valence-corrected chi connectivity index (χ1v) is 8.22. The molecule has 0 aromatic heterocycles. The Morgan fingerprint density at radius 3 is 1.95 bits per heavy atom. The van der Waals surface area contributed by atoms with Crippen LogP contribution in [0.5, 0.6) is 0 Å². The molecule has 0 heterocycles. The molecule has 20 heavy (non-hydrogen) atoms. The number of rotatable bonds is 10. The quantitative estimate of drug-likeness (QED) is 0.601. The first-order valence-electron chi connectivity index (χ1n) is 7.17. The molecule has 0 bridgehead atoms. The summed E-state index contributed by atoms with van der Waals surface area (Å²) >= 11 is 1.24. The van der Waals surface area contributed by atoms with Gasteiger partial charge >= 0.3 is 11.9 Å². The smallest absolute Gasteiger partial charge is 0.317 e. The minimum absolute atomic E-state index is 0.242. The van der Waals surface area contributed by atoms with Crippen LogP contribution < -0.4 is 0 Å². The molecule has 0 saturated carbocycles. The molecule has 0 aromatic rings. The van der Waals surface area contributed by atoms with E-state index in [1.165, 1.54) is 11.8 Å². The number of carboxylic acid groups (broad SMARTS) is 2. The van der Waals surface area contributed by atoms with E-state index in [2.05, 4.69) is 34.6 Å². The summed E-state index contributed by atoms with van der Waals surface area (Å²) in [5.41, 5.74) is 0.242. The van der Waals surface area contributed by atoms with E-state index in [0.717, 1.165) is 12.8 Å². The molecule has 0 fully saturated rings. The summed E-state index contributed by atoms with van der Waals surface area (Å²) in [5.74, 6) is -0.255. The van der Waals surface area contributed by atoms with Gasteiger partial charge in [-0.15, -0.1) is 11.8 Å². The van der Waals surface area contributed by atoms with Crippen LogP contribution in [0.4, 0.5) is 0 Å². The maximum absolute atomic E-state index is 11.0. The Balaban J connectivity index is 4.28. The number of thioether (sulfide) groups is 1.